The Balaban J connectivity index is 0.000000155. The van der Waals surface area contributed by atoms with E-state index < -0.39 is 4.92 Å². The lowest BCUT2D eigenvalue weighted by Crippen LogP contribution is -1.97. The average Bonchev–Trinajstić information content (AvgIpc) is 3.36. The van der Waals surface area contributed by atoms with Crippen LogP contribution in [0.3, 0.4) is 0 Å². The Labute approximate surface area is 187 Å². The molecular weight excluding hydrogens is 426 g/mol. The summed E-state index contributed by atoms with van der Waals surface area (Å²) in [6.07, 6.45) is 0. The summed E-state index contributed by atoms with van der Waals surface area (Å²) in [5.41, 5.74) is 9.24. The Hall–Kier alpha value is -4.11. The van der Waals surface area contributed by atoms with Gasteiger partial charge in [0.15, 0.2) is 5.78 Å². The van der Waals surface area contributed by atoms with Crippen LogP contribution in [-0.2, 0) is 7.05 Å². The molecule has 0 radical (unpaired) electrons. The minimum absolute atomic E-state index is 0.0521. The fraction of sp³-hybridized carbons (Fsp3) is 0.0870. The predicted molar refractivity (Wildman–Crippen MR) is 127 cm³/mol. The van der Waals surface area contributed by atoms with E-state index in [1.54, 1.807) is 19.1 Å². The van der Waals surface area contributed by atoms with E-state index in [1.165, 1.54) is 28.9 Å². The first kappa shape index (κ1) is 21.1. The zero-order valence-electron chi connectivity index (χ0n) is 17.4. The normalized spacial score (nSPS) is 10.7. The number of ketones is 1. The summed E-state index contributed by atoms with van der Waals surface area (Å²) in [6.45, 7) is 1.62. The maximum Gasteiger partial charge on any atom is 0.269 e. The van der Waals surface area contributed by atoms with Crippen molar-refractivity contribution >= 4 is 49.7 Å². The van der Waals surface area contributed by atoms with Gasteiger partial charge in [0.05, 0.1) is 10.4 Å². The molecule has 3 aromatic carbocycles. The Bertz CT molecular complexity index is 1450. The molecule has 5 rings (SSSR count). The highest BCUT2D eigenvalue weighted by Crippen LogP contribution is 2.30. The number of nitro benzene ring substituents is 1. The summed E-state index contributed by atoms with van der Waals surface area (Å²) in [4.78, 5) is 21.6. The van der Waals surface area contributed by atoms with Gasteiger partial charge in [-0.15, -0.1) is 10.2 Å². The lowest BCUT2D eigenvalue weighted by atomic mass is 10.1. The van der Waals surface area contributed by atoms with E-state index in [4.69, 9.17) is 5.73 Å². The first-order valence-electron chi connectivity index (χ1n) is 9.67. The number of carbonyl (C=O) groups excluding carboxylic acids is 1. The number of Topliss-reactive ketones (excluding diaryl/α,β-unsaturated/α-hetero) is 1. The summed E-state index contributed by atoms with van der Waals surface area (Å²) in [7, 11) is 2.01. The lowest BCUT2D eigenvalue weighted by Gasteiger charge is -2.02. The van der Waals surface area contributed by atoms with Gasteiger partial charge in [-0.25, -0.2) is 0 Å². The molecule has 0 spiro atoms. The number of rotatable bonds is 3. The van der Waals surface area contributed by atoms with Crippen LogP contribution >= 0.6 is 11.3 Å². The molecule has 0 amide bonds. The van der Waals surface area contributed by atoms with Crippen LogP contribution in [0.5, 0.6) is 0 Å². The number of anilines is 1. The molecule has 0 atom stereocenters. The fourth-order valence-electron chi connectivity index (χ4n) is 3.60. The van der Waals surface area contributed by atoms with Crippen LogP contribution in [0.2, 0.25) is 0 Å². The molecular formula is C23H19N5O3S. The standard InChI is InChI=1S/C15H13NO.C8H6N4O2S/c1-10(17)11-7-5-8-13-12-6-3-4-9-14(12)16(2)15(11)13;9-8-11-10-7(15-8)5-1-3-6(4-2-5)12(13)14/h3-9H,1-2H3;1-4H,(H2,9,11). The van der Waals surface area contributed by atoms with E-state index in [2.05, 4.69) is 33.0 Å². The molecule has 5 aromatic rings. The molecule has 9 heteroatoms. The van der Waals surface area contributed by atoms with E-state index in [0.29, 0.717) is 10.1 Å². The second-order valence-corrected chi connectivity index (χ2v) is 8.09. The minimum atomic E-state index is -0.446. The number of carbonyl (C=O) groups is 1. The predicted octanol–water partition coefficient (Wildman–Crippen LogP) is 5.23. The Morgan fingerprint density at radius 2 is 1.69 bits per heavy atom. The lowest BCUT2D eigenvalue weighted by molar-refractivity contribution is -0.384. The van der Waals surface area contributed by atoms with Crippen LogP contribution in [0.1, 0.15) is 17.3 Å². The molecule has 0 fully saturated rings. The molecule has 0 unspecified atom stereocenters. The molecule has 0 aliphatic heterocycles. The van der Waals surface area contributed by atoms with E-state index in [-0.39, 0.29) is 11.5 Å². The number of hydrogen-bond donors (Lipinski definition) is 1. The maximum atomic E-state index is 11.7. The van der Waals surface area contributed by atoms with Crippen molar-refractivity contribution in [3.63, 3.8) is 0 Å². The summed E-state index contributed by atoms with van der Waals surface area (Å²) < 4.78 is 2.10. The SMILES string of the molecule is CC(=O)c1cccc2c3ccccc3n(C)c12.Nc1nnc(-c2ccc([N+](=O)[O-])cc2)s1. The molecule has 32 heavy (non-hydrogen) atoms. The van der Waals surface area contributed by atoms with Gasteiger partial charge < -0.3 is 10.3 Å². The van der Waals surface area contributed by atoms with Crippen molar-refractivity contribution in [1.82, 2.24) is 14.8 Å². The highest BCUT2D eigenvalue weighted by molar-refractivity contribution is 7.18. The van der Waals surface area contributed by atoms with Gasteiger partial charge in [0.25, 0.3) is 5.69 Å². The van der Waals surface area contributed by atoms with Crippen molar-refractivity contribution in [1.29, 1.82) is 0 Å². The number of aryl methyl sites for hydroxylation is 1. The molecule has 0 saturated carbocycles. The number of nitro groups is 1. The van der Waals surface area contributed by atoms with Gasteiger partial charge in [-0.2, -0.15) is 0 Å². The second-order valence-electron chi connectivity index (χ2n) is 7.08. The van der Waals surface area contributed by atoms with Gasteiger partial charge in [-0.05, 0) is 31.2 Å². The Kier molecular flexibility index (Phi) is 5.65. The molecule has 0 bridgehead atoms. The molecule has 160 valence electrons. The number of aromatic nitrogens is 3. The van der Waals surface area contributed by atoms with Crippen molar-refractivity contribution in [2.24, 2.45) is 7.05 Å². The molecule has 2 heterocycles. The molecule has 0 saturated heterocycles. The molecule has 8 nitrogen and oxygen atoms in total. The Morgan fingerprint density at radius 1 is 1.00 bits per heavy atom. The van der Waals surface area contributed by atoms with Crippen LogP contribution in [-0.4, -0.2) is 25.5 Å². The van der Waals surface area contributed by atoms with Crippen molar-refractivity contribution in [3.05, 3.63) is 82.4 Å². The van der Waals surface area contributed by atoms with Crippen LogP contribution in [0.25, 0.3) is 32.4 Å². The smallest absolute Gasteiger partial charge is 0.269 e. The van der Waals surface area contributed by atoms with E-state index in [0.717, 1.165) is 27.5 Å². The molecule has 2 aromatic heterocycles. The summed E-state index contributed by atoms with van der Waals surface area (Å²) >= 11 is 1.24. The number of nitrogens with two attached hydrogens (primary N) is 1. The van der Waals surface area contributed by atoms with E-state index in [9.17, 15) is 14.9 Å². The van der Waals surface area contributed by atoms with Gasteiger partial charge in [0, 0.05) is 46.6 Å². The van der Waals surface area contributed by atoms with Crippen LogP contribution in [0.4, 0.5) is 10.8 Å². The topological polar surface area (TPSA) is 117 Å². The first-order valence-corrected chi connectivity index (χ1v) is 10.5. The van der Waals surface area contributed by atoms with Crippen molar-refractivity contribution in [3.8, 4) is 10.6 Å². The molecule has 0 aliphatic carbocycles. The highest BCUT2D eigenvalue weighted by Gasteiger charge is 2.13. The summed E-state index contributed by atoms with van der Waals surface area (Å²) in [5, 5.41) is 21.3. The van der Waals surface area contributed by atoms with Crippen molar-refractivity contribution < 1.29 is 9.72 Å². The van der Waals surface area contributed by atoms with Gasteiger partial charge in [-0.3, -0.25) is 14.9 Å². The van der Waals surface area contributed by atoms with Crippen molar-refractivity contribution in [2.75, 3.05) is 5.73 Å². The Morgan fingerprint density at radius 3 is 2.31 bits per heavy atom. The number of nitrogen functional groups attached to an aromatic ring is 1. The van der Waals surface area contributed by atoms with Crippen molar-refractivity contribution in [2.45, 2.75) is 6.92 Å². The zero-order valence-corrected chi connectivity index (χ0v) is 18.2. The number of hydrogen-bond acceptors (Lipinski definition) is 7. The first-order chi connectivity index (χ1) is 15.4. The maximum absolute atomic E-state index is 11.7. The zero-order chi connectivity index (χ0) is 22.8. The van der Waals surface area contributed by atoms with Gasteiger partial charge in [0.1, 0.15) is 5.01 Å². The van der Waals surface area contributed by atoms with Crippen LogP contribution in [0, 0.1) is 10.1 Å². The molecule has 2 N–H and O–H groups in total. The third-order valence-electron chi connectivity index (χ3n) is 5.07. The minimum Gasteiger partial charge on any atom is -0.374 e. The van der Waals surface area contributed by atoms with Crippen LogP contribution < -0.4 is 5.73 Å². The average molecular weight is 446 g/mol. The highest BCUT2D eigenvalue weighted by atomic mass is 32.1. The monoisotopic (exact) mass is 445 g/mol. The summed E-state index contributed by atoms with van der Waals surface area (Å²) in [5.74, 6) is 0.113. The third kappa shape index (κ3) is 3.93. The van der Waals surface area contributed by atoms with E-state index in [1.807, 2.05) is 31.3 Å². The number of nitrogens with zero attached hydrogens (tertiary/aromatic N) is 4. The number of non-ortho nitro benzene ring substituents is 1. The second kappa shape index (κ2) is 8.56. The number of benzene rings is 3. The number of para-hydroxylation sites is 2. The fourth-order valence-corrected chi connectivity index (χ4v) is 4.21. The quantitative estimate of drug-likeness (QED) is 0.231. The van der Waals surface area contributed by atoms with E-state index >= 15 is 0 Å². The molecule has 0 aliphatic rings. The van der Waals surface area contributed by atoms with Gasteiger partial charge >= 0.3 is 0 Å². The van der Waals surface area contributed by atoms with Crippen LogP contribution in [0.15, 0.2) is 66.7 Å². The van der Waals surface area contributed by atoms with Gasteiger partial charge in [-0.1, -0.05) is 41.7 Å². The third-order valence-corrected chi connectivity index (χ3v) is 5.87. The largest absolute Gasteiger partial charge is 0.374 e. The van der Waals surface area contributed by atoms with Gasteiger partial charge in [0.2, 0.25) is 5.13 Å². The summed E-state index contributed by atoms with van der Waals surface area (Å²) in [6, 6.07) is 20.2. The number of fused-ring (bicyclic) bond motifs is 3.